The second-order valence-corrected chi connectivity index (χ2v) is 6.43. The molecule has 2 N–H and O–H groups in total. The molecule has 1 heterocycles. The van der Waals surface area contributed by atoms with E-state index in [1.807, 2.05) is 0 Å². The molecule has 0 aliphatic carbocycles. The number of hydrogen-bond donors (Lipinski definition) is 2. The molecule has 2 rings (SSSR count). The van der Waals surface area contributed by atoms with Crippen LogP contribution in [-0.2, 0) is 4.74 Å². The molecule has 1 amide bonds. The van der Waals surface area contributed by atoms with Crippen LogP contribution in [0.5, 0.6) is 0 Å². The van der Waals surface area contributed by atoms with Crippen LogP contribution >= 0.6 is 11.6 Å². The molecule has 0 bridgehead atoms. The molecule has 0 saturated carbocycles. The molecular formula is C17H17ClN2O4. The third-order valence-corrected chi connectivity index (χ3v) is 3.23. The predicted octanol–water partition coefficient (Wildman–Crippen LogP) is 4.45. The first-order chi connectivity index (χ1) is 11.2. The summed E-state index contributed by atoms with van der Waals surface area (Å²) in [5.41, 5.74) is 1.28. The highest BCUT2D eigenvalue weighted by Crippen LogP contribution is 2.25. The minimum Gasteiger partial charge on any atom is -0.478 e. The summed E-state index contributed by atoms with van der Waals surface area (Å²) in [6.45, 7) is 5.34. The number of hydrogen-bond acceptors (Lipinski definition) is 4. The number of anilines is 1. The Labute approximate surface area is 144 Å². The standard InChI is InChI=1S/C17H17ClN2O4/c1-17(2,3)24-16(23)20-12-6-4-10(5-7-12)11-8-13(15(21)22)14(18)19-9-11/h4-9H,1-3H3,(H,20,23)(H,21,22). The maximum Gasteiger partial charge on any atom is 0.412 e. The molecular weight excluding hydrogens is 332 g/mol. The average molecular weight is 349 g/mol. The van der Waals surface area contributed by atoms with E-state index in [0.29, 0.717) is 11.3 Å². The molecule has 0 unspecified atom stereocenters. The molecule has 0 aliphatic rings. The smallest absolute Gasteiger partial charge is 0.412 e. The summed E-state index contributed by atoms with van der Waals surface area (Å²) < 4.78 is 5.17. The van der Waals surface area contributed by atoms with E-state index >= 15 is 0 Å². The van der Waals surface area contributed by atoms with E-state index in [1.54, 1.807) is 45.0 Å². The van der Waals surface area contributed by atoms with Crippen molar-refractivity contribution >= 4 is 29.4 Å². The second kappa shape index (κ2) is 6.88. The van der Waals surface area contributed by atoms with Gasteiger partial charge in [0.25, 0.3) is 0 Å². The van der Waals surface area contributed by atoms with Gasteiger partial charge in [-0.05, 0) is 44.5 Å². The number of nitrogens with one attached hydrogen (secondary N) is 1. The summed E-state index contributed by atoms with van der Waals surface area (Å²) in [4.78, 5) is 26.7. The second-order valence-electron chi connectivity index (χ2n) is 6.07. The van der Waals surface area contributed by atoms with Crippen LogP contribution < -0.4 is 5.32 Å². The molecule has 0 fully saturated rings. The normalized spacial score (nSPS) is 11.0. The Hall–Kier alpha value is -2.60. The van der Waals surface area contributed by atoms with Crippen molar-refractivity contribution in [3.63, 3.8) is 0 Å². The number of benzene rings is 1. The molecule has 0 spiro atoms. The molecule has 126 valence electrons. The number of rotatable bonds is 3. The summed E-state index contributed by atoms with van der Waals surface area (Å²) in [7, 11) is 0. The number of nitrogens with zero attached hydrogens (tertiary/aromatic N) is 1. The van der Waals surface area contributed by atoms with E-state index in [1.165, 1.54) is 12.3 Å². The first-order valence-electron chi connectivity index (χ1n) is 7.15. The van der Waals surface area contributed by atoms with Gasteiger partial charge in [0, 0.05) is 17.4 Å². The van der Waals surface area contributed by atoms with Crippen molar-refractivity contribution in [3.8, 4) is 11.1 Å². The van der Waals surface area contributed by atoms with Gasteiger partial charge in [-0.25, -0.2) is 14.6 Å². The summed E-state index contributed by atoms with van der Waals surface area (Å²) in [6, 6.07) is 8.31. The number of ether oxygens (including phenoxy) is 1. The third-order valence-electron chi connectivity index (χ3n) is 2.93. The first-order valence-corrected chi connectivity index (χ1v) is 7.53. The fourth-order valence-electron chi connectivity index (χ4n) is 1.92. The van der Waals surface area contributed by atoms with Crippen LogP contribution in [0.1, 0.15) is 31.1 Å². The van der Waals surface area contributed by atoms with Crippen molar-refractivity contribution in [3.05, 3.63) is 47.2 Å². The monoisotopic (exact) mass is 348 g/mol. The number of carboxylic acids is 1. The number of carboxylic acid groups (broad SMARTS) is 1. The molecule has 2 aromatic rings. The van der Waals surface area contributed by atoms with Gasteiger partial charge in [-0.2, -0.15) is 0 Å². The highest BCUT2D eigenvalue weighted by molar-refractivity contribution is 6.32. The highest BCUT2D eigenvalue weighted by Gasteiger charge is 2.16. The van der Waals surface area contributed by atoms with Crippen LogP contribution in [0.25, 0.3) is 11.1 Å². The van der Waals surface area contributed by atoms with E-state index in [2.05, 4.69) is 10.3 Å². The lowest BCUT2D eigenvalue weighted by atomic mass is 10.1. The highest BCUT2D eigenvalue weighted by atomic mass is 35.5. The molecule has 24 heavy (non-hydrogen) atoms. The van der Waals surface area contributed by atoms with E-state index < -0.39 is 17.7 Å². The van der Waals surface area contributed by atoms with Crippen molar-refractivity contribution in [1.29, 1.82) is 0 Å². The van der Waals surface area contributed by atoms with Gasteiger partial charge in [-0.15, -0.1) is 0 Å². The minimum absolute atomic E-state index is 0.0607. The van der Waals surface area contributed by atoms with Gasteiger partial charge in [0.05, 0.1) is 5.56 Å². The summed E-state index contributed by atoms with van der Waals surface area (Å²) in [5, 5.41) is 11.7. The van der Waals surface area contributed by atoms with Gasteiger partial charge in [-0.3, -0.25) is 5.32 Å². The van der Waals surface area contributed by atoms with Crippen molar-refractivity contribution in [2.75, 3.05) is 5.32 Å². The maximum atomic E-state index is 11.7. The molecule has 0 aliphatic heterocycles. The lowest BCUT2D eigenvalue weighted by Gasteiger charge is -2.19. The van der Waals surface area contributed by atoms with Gasteiger partial charge in [0.2, 0.25) is 0 Å². The Morgan fingerprint density at radius 3 is 2.33 bits per heavy atom. The summed E-state index contributed by atoms with van der Waals surface area (Å²) >= 11 is 5.76. The largest absolute Gasteiger partial charge is 0.478 e. The van der Waals surface area contributed by atoms with Gasteiger partial charge in [-0.1, -0.05) is 23.7 Å². The zero-order valence-electron chi connectivity index (χ0n) is 13.5. The minimum atomic E-state index is -1.14. The van der Waals surface area contributed by atoms with Crippen LogP contribution in [-0.4, -0.2) is 27.8 Å². The van der Waals surface area contributed by atoms with Gasteiger partial charge < -0.3 is 9.84 Å². The van der Waals surface area contributed by atoms with E-state index in [0.717, 1.165) is 5.56 Å². The topological polar surface area (TPSA) is 88.5 Å². The molecule has 1 aromatic carbocycles. The van der Waals surface area contributed by atoms with E-state index in [4.69, 9.17) is 21.4 Å². The predicted molar refractivity (Wildman–Crippen MR) is 91.5 cm³/mol. The number of pyridine rings is 1. The molecule has 7 heteroatoms. The molecule has 0 saturated heterocycles. The van der Waals surface area contributed by atoms with Gasteiger partial charge >= 0.3 is 12.1 Å². The fourth-order valence-corrected chi connectivity index (χ4v) is 2.11. The van der Waals surface area contributed by atoms with Crippen molar-refractivity contribution in [2.45, 2.75) is 26.4 Å². The van der Waals surface area contributed by atoms with E-state index in [-0.39, 0.29) is 10.7 Å². The third kappa shape index (κ3) is 4.70. The Balaban J connectivity index is 2.16. The number of aromatic nitrogens is 1. The van der Waals surface area contributed by atoms with Gasteiger partial charge in [0.1, 0.15) is 10.8 Å². The lowest BCUT2D eigenvalue weighted by molar-refractivity contribution is 0.0634. The first kappa shape index (κ1) is 17.7. The molecule has 0 atom stereocenters. The fraction of sp³-hybridized carbons (Fsp3) is 0.235. The van der Waals surface area contributed by atoms with Crippen molar-refractivity contribution in [2.24, 2.45) is 0 Å². The number of halogens is 1. The van der Waals surface area contributed by atoms with Crippen LogP contribution in [0, 0.1) is 0 Å². The van der Waals surface area contributed by atoms with Crippen LogP contribution in [0.15, 0.2) is 36.5 Å². The zero-order chi connectivity index (χ0) is 17.9. The number of carbonyl (C=O) groups excluding carboxylic acids is 1. The SMILES string of the molecule is CC(C)(C)OC(=O)Nc1ccc(-c2cnc(Cl)c(C(=O)O)c2)cc1. The van der Waals surface area contributed by atoms with Crippen LogP contribution in [0.3, 0.4) is 0 Å². The number of aromatic carboxylic acids is 1. The number of amides is 1. The summed E-state index contributed by atoms with van der Waals surface area (Å²) in [5.74, 6) is -1.14. The van der Waals surface area contributed by atoms with Gasteiger partial charge in [0.15, 0.2) is 0 Å². The van der Waals surface area contributed by atoms with Crippen molar-refractivity contribution < 1.29 is 19.4 Å². The Morgan fingerprint density at radius 2 is 1.79 bits per heavy atom. The van der Waals surface area contributed by atoms with Crippen LogP contribution in [0.4, 0.5) is 10.5 Å². The Bertz CT molecular complexity index is 767. The Kier molecular flexibility index (Phi) is 5.09. The summed E-state index contributed by atoms with van der Waals surface area (Å²) in [6.07, 6.45) is 0.946. The molecule has 6 nitrogen and oxygen atoms in total. The lowest BCUT2D eigenvalue weighted by Crippen LogP contribution is -2.27. The van der Waals surface area contributed by atoms with Crippen LogP contribution in [0.2, 0.25) is 5.15 Å². The van der Waals surface area contributed by atoms with Crippen molar-refractivity contribution in [1.82, 2.24) is 4.98 Å². The quantitative estimate of drug-likeness (QED) is 0.800. The molecule has 0 radical (unpaired) electrons. The Morgan fingerprint density at radius 1 is 1.17 bits per heavy atom. The number of carbonyl (C=O) groups is 2. The molecule has 1 aromatic heterocycles. The average Bonchev–Trinajstić information content (AvgIpc) is 2.46. The van der Waals surface area contributed by atoms with E-state index in [9.17, 15) is 9.59 Å². The zero-order valence-corrected chi connectivity index (χ0v) is 14.2. The maximum absolute atomic E-state index is 11.7.